The quantitative estimate of drug-likeness (QED) is 0.617. The zero-order valence-electron chi connectivity index (χ0n) is 9.05. The molecule has 0 N–H and O–H groups in total. The van der Waals surface area contributed by atoms with Gasteiger partial charge < -0.3 is 9.47 Å². The van der Waals surface area contributed by atoms with Crippen molar-refractivity contribution in [2.24, 2.45) is 0 Å². The number of hydrogen-bond acceptors (Lipinski definition) is 3. The molecule has 0 unspecified atom stereocenters. The lowest BCUT2D eigenvalue weighted by Crippen LogP contribution is -2.07. The topological polar surface area (TPSA) is 35.5 Å². The Morgan fingerprint density at radius 1 is 1.31 bits per heavy atom. The Hall–Kier alpha value is -0.550. The lowest BCUT2D eigenvalue weighted by molar-refractivity contribution is -0.139. The van der Waals surface area contributed by atoms with Gasteiger partial charge in [-0.05, 0) is 12.1 Å². The zero-order chi connectivity index (χ0) is 12.1. The number of hydrogen-bond donors (Lipinski definition) is 0. The standard InChI is InChI=1S/C11H12Br2O3/c1-15-10(14)5-7-3-9(13)4-8(6-12)11(7)16-2/h3-4H,5-6H2,1-2H3. The van der Waals surface area contributed by atoms with Crippen molar-refractivity contribution in [2.75, 3.05) is 14.2 Å². The summed E-state index contributed by atoms with van der Waals surface area (Å²) in [4.78, 5) is 11.3. The van der Waals surface area contributed by atoms with Crippen LogP contribution in [0, 0.1) is 0 Å². The number of carbonyl (C=O) groups excluding carboxylic acids is 1. The molecule has 0 radical (unpaired) electrons. The van der Waals surface area contributed by atoms with Crippen molar-refractivity contribution in [3.05, 3.63) is 27.7 Å². The Balaban J connectivity index is 3.14. The molecule has 1 aromatic carbocycles. The number of methoxy groups -OCH3 is 2. The maximum Gasteiger partial charge on any atom is 0.310 e. The number of benzene rings is 1. The fraction of sp³-hybridized carbons (Fsp3) is 0.364. The van der Waals surface area contributed by atoms with E-state index in [2.05, 4.69) is 36.6 Å². The maximum absolute atomic E-state index is 11.3. The Morgan fingerprint density at radius 3 is 2.44 bits per heavy atom. The molecule has 0 fully saturated rings. The van der Waals surface area contributed by atoms with Gasteiger partial charge in [-0.3, -0.25) is 4.79 Å². The van der Waals surface area contributed by atoms with Crippen LogP contribution in [0.25, 0.3) is 0 Å². The number of halogens is 2. The molecule has 0 atom stereocenters. The average Bonchev–Trinajstić information content (AvgIpc) is 2.28. The summed E-state index contributed by atoms with van der Waals surface area (Å²) in [5.41, 5.74) is 1.81. The fourth-order valence-corrected chi connectivity index (χ4v) is 2.40. The van der Waals surface area contributed by atoms with Gasteiger partial charge in [0.15, 0.2) is 0 Å². The molecule has 5 heteroatoms. The van der Waals surface area contributed by atoms with Crippen LogP contribution in [0.2, 0.25) is 0 Å². The van der Waals surface area contributed by atoms with E-state index in [1.807, 2.05) is 12.1 Å². The van der Waals surface area contributed by atoms with Crippen LogP contribution in [-0.2, 0) is 21.3 Å². The van der Waals surface area contributed by atoms with Crippen molar-refractivity contribution >= 4 is 37.8 Å². The van der Waals surface area contributed by atoms with Crippen molar-refractivity contribution in [3.8, 4) is 5.75 Å². The molecule has 16 heavy (non-hydrogen) atoms. The molecule has 0 aliphatic carbocycles. The average molecular weight is 352 g/mol. The summed E-state index contributed by atoms with van der Waals surface area (Å²) < 4.78 is 10.9. The Kier molecular flexibility index (Phi) is 5.28. The minimum Gasteiger partial charge on any atom is -0.496 e. The predicted octanol–water partition coefficient (Wildman–Crippen LogP) is 3.07. The van der Waals surface area contributed by atoms with Crippen LogP contribution < -0.4 is 4.74 Å². The van der Waals surface area contributed by atoms with Gasteiger partial charge in [-0.25, -0.2) is 0 Å². The first-order valence-corrected chi connectivity index (χ1v) is 6.51. The summed E-state index contributed by atoms with van der Waals surface area (Å²) in [5.74, 6) is 0.447. The highest BCUT2D eigenvalue weighted by Crippen LogP contribution is 2.30. The predicted molar refractivity (Wildman–Crippen MR) is 69.0 cm³/mol. The summed E-state index contributed by atoms with van der Waals surface area (Å²) in [6, 6.07) is 3.82. The van der Waals surface area contributed by atoms with Crippen LogP contribution in [0.3, 0.4) is 0 Å². The number of carbonyl (C=O) groups is 1. The van der Waals surface area contributed by atoms with E-state index in [0.717, 1.165) is 21.3 Å². The summed E-state index contributed by atoms with van der Waals surface area (Å²) in [6.45, 7) is 0. The van der Waals surface area contributed by atoms with E-state index < -0.39 is 0 Å². The molecule has 1 rings (SSSR count). The third-order valence-electron chi connectivity index (χ3n) is 2.12. The third-order valence-corrected chi connectivity index (χ3v) is 3.18. The fourth-order valence-electron chi connectivity index (χ4n) is 1.43. The van der Waals surface area contributed by atoms with Crippen molar-refractivity contribution in [1.82, 2.24) is 0 Å². The Labute approximate surface area is 111 Å². The largest absolute Gasteiger partial charge is 0.496 e. The summed E-state index contributed by atoms with van der Waals surface area (Å²) in [5, 5.41) is 0.670. The maximum atomic E-state index is 11.3. The van der Waals surface area contributed by atoms with Gasteiger partial charge in [0.05, 0.1) is 20.6 Å². The van der Waals surface area contributed by atoms with Crippen molar-refractivity contribution in [2.45, 2.75) is 11.8 Å². The SMILES string of the molecule is COC(=O)Cc1cc(Br)cc(CBr)c1OC. The van der Waals surface area contributed by atoms with Crippen LogP contribution in [-0.4, -0.2) is 20.2 Å². The third kappa shape index (κ3) is 3.22. The first-order valence-electron chi connectivity index (χ1n) is 4.60. The number of esters is 1. The van der Waals surface area contributed by atoms with Crippen LogP contribution in [0.1, 0.15) is 11.1 Å². The summed E-state index contributed by atoms with van der Waals surface area (Å²) >= 11 is 6.78. The van der Waals surface area contributed by atoms with Crippen LogP contribution in [0.5, 0.6) is 5.75 Å². The molecule has 0 aliphatic rings. The molecule has 0 bridgehead atoms. The molecular weight excluding hydrogens is 340 g/mol. The molecule has 0 amide bonds. The van der Waals surface area contributed by atoms with Crippen molar-refractivity contribution in [1.29, 1.82) is 0 Å². The van der Waals surface area contributed by atoms with Gasteiger partial charge in [-0.2, -0.15) is 0 Å². The van der Waals surface area contributed by atoms with Gasteiger partial charge in [0, 0.05) is 20.9 Å². The minimum atomic E-state index is -0.281. The molecule has 88 valence electrons. The second-order valence-corrected chi connectivity index (χ2v) is 4.62. The first-order chi connectivity index (χ1) is 7.62. The van der Waals surface area contributed by atoms with E-state index in [1.165, 1.54) is 7.11 Å². The lowest BCUT2D eigenvalue weighted by atomic mass is 10.1. The van der Waals surface area contributed by atoms with Gasteiger partial charge in [0.25, 0.3) is 0 Å². The van der Waals surface area contributed by atoms with E-state index in [1.54, 1.807) is 7.11 Å². The molecule has 0 aliphatic heterocycles. The number of rotatable bonds is 4. The molecule has 0 aromatic heterocycles. The van der Waals surface area contributed by atoms with Gasteiger partial charge in [-0.1, -0.05) is 31.9 Å². The van der Waals surface area contributed by atoms with Gasteiger partial charge >= 0.3 is 5.97 Å². The van der Waals surface area contributed by atoms with Gasteiger partial charge in [0.2, 0.25) is 0 Å². The molecule has 0 saturated carbocycles. The summed E-state index contributed by atoms with van der Waals surface area (Å²) in [6.07, 6.45) is 0.207. The number of ether oxygens (including phenoxy) is 2. The molecule has 3 nitrogen and oxygen atoms in total. The van der Waals surface area contributed by atoms with Crippen molar-refractivity contribution < 1.29 is 14.3 Å². The van der Waals surface area contributed by atoms with E-state index in [9.17, 15) is 4.79 Å². The van der Waals surface area contributed by atoms with Crippen LogP contribution in [0.4, 0.5) is 0 Å². The molecule has 0 saturated heterocycles. The Morgan fingerprint density at radius 2 is 1.94 bits per heavy atom. The smallest absolute Gasteiger partial charge is 0.310 e. The van der Waals surface area contributed by atoms with E-state index in [-0.39, 0.29) is 12.4 Å². The van der Waals surface area contributed by atoms with Crippen molar-refractivity contribution in [3.63, 3.8) is 0 Å². The number of alkyl halides is 1. The normalized spacial score (nSPS) is 10.0. The second kappa shape index (κ2) is 6.25. The van der Waals surface area contributed by atoms with Gasteiger partial charge in [-0.15, -0.1) is 0 Å². The van der Waals surface area contributed by atoms with E-state index in [0.29, 0.717) is 5.33 Å². The molecule has 0 spiro atoms. The Bertz CT molecular complexity index is 391. The second-order valence-electron chi connectivity index (χ2n) is 3.14. The van der Waals surface area contributed by atoms with Crippen LogP contribution >= 0.6 is 31.9 Å². The highest BCUT2D eigenvalue weighted by Gasteiger charge is 2.13. The first kappa shape index (κ1) is 13.5. The van der Waals surface area contributed by atoms with E-state index >= 15 is 0 Å². The van der Waals surface area contributed by atoms with E-state index in [4.69, 9.17) is 4.74 Å². The molecule has 1 aromatic rings. The van der Waals surface area contributed by atoms with Gasteiger partial charge in [0.1, 0.15) is 5.75 Å². The minimum absolute atomic E-state index is 0.207. The monoisotopic (exact) mass is 350 g/mol. The molecular formula is C11H12Br2O3. The van der Waals surface area contributed by atoms with Crippen LogP contribution in [0.15, 0.2) is 16.6 Å². The summed E-state index contributed by atoms with van der Waals surface area (Å²) in [7, 11) is 2.97. The molecule has 0 heterocycles. The highest BCUT2D eigenvalue weighted by atomic mass is 79.9. The highest BCUT2D eigenvalue weighted by molar-refractivity contribution is 9.10. The lowest BCUT2D eigenvalue weighted by Gasteiger charge is -2.12. The zero-order valence-corrected chi connectivity index (χ0v) is 12.2.